The lowest BCUT2D eigenvalue weighted by Crippen LogP contribution is -2.54. The number of unbranched alkanes of at least 4 members (excludes halogenated alkanes) is 2. The first-order valence-corrected chi connectivity index (χ1v) is 15.9. The van der Waals surface area contributed by atoms with Gasteiger partial charge in [-0.15, -0.1) is 0 Å². The maximum atomic E-state index is 13.3. The summed E-state index contributed by atoms with van der Waals surface area (Å²) in [5, 5.41) is 10.8. The standard InChI is InChI=1S/C32H49BN6O6/c1-5-21(4)24-18-27(41)39(31(24)44)17-8-6-7-11-26(40)38-28(20(2)3)30(43)37-25(10-9-16-35-32(34)45)29(42)36-23-14-12-22(19-33)13-15-23/h12-15,20-21,24-25,28H,5-11,16-19H2,1-4H3,(H,36,42)(H,37,43)(H,38,40)(H3,34,35,45)/t21?,24?,25-,28?/m0/s1. The first kappa shape index (κ1) is 37.3. The summed E-state index contributed by atoms with van der Waals surface area (Å²) >= 11 is 0. The van der Waals surface area contributed by atoms with E-state index in [-0.39, 0.29) is 61.3 Å². The van der Waals surface area contributed by atoms with E-state index in [0.29, 0.717) is 44.2 Å². The molecule has 246 valence electrons. The number of likely N-dealkylation sites (tertiary alicyclic amines) is 1. The number of imide groups is 1. The molecule has 12 nitrogen and oxygen atoms in total. The minimum Gasteiger partial charge on any atom is -0.352 e. The van der Waals surface area contributed by atoms with Crippen LogP contribution in [0, 0.1) is 17.8 Å². The first-order valence-electron chi connectivity index (χ1n) is 15.9. The predicted octanol–water partition coefficient (Wildman–Crippen LogP) is 2.35. The van der Waals surface area contributed by atoms with Gasteiger partial charge >= 0.3 is 6.03 Å². The molecule has 0 saturated carbocycles. The fourth-order valence-electron chi connectivity index (χ4n) is 5.19. The minimum atomic E-state index is -0.935. The molecule has 1 aliphatic rings. The quantitative estimate of drug-likeness (QED) is 0.0896. The van der Waals surface area contributed by atoms with Gasteiger partial charge in [0.15, 0.2) is 0 Å². The molecule has 45 heavy (non-hydrogen) atoms. The van der Waals surface area contributed by atoms with Gasteiger partial charge in [-0.3, -0.25) is 28.9 Å². The SMILES string of the molecule is [B]Cc1ccc(NC(=O)[C@H](CCCNC(N)=O)NC(=O)C(NC(=O)CCCCCN2C(=O)CC(C(C)CC)C2=O)C(C)C)cc1. The Morgan fingerprint density at radius 3 is 2.27 bits per heavy atom. The summed E-state index contributed by atoms with van der Waals surface area (Å²) in [6, 6.07) is 4.52. The number of nitrogens with two attached hydrogens (primary N) is 1. The van der Waals surface area contributed by atoms with E-state index in [1.165, 1.54) is 4.90 Å². The molecule has 0 bridgehead atoms. The zero-order valence-corrected chi connectivity index (χ0v) is 27.0. The van der Waals surface area contributed by atoms with Gasteiger partial charge in [-0.2, -0.15) is 0 Å². The number of carbonyl (C=O) groups excluding carboxylic acids is 6. The summed E-state index contributed by atoms with van der Waals surface area (Å²) in [4.78, 5) is 76.6. The summed E-state index contributed by atoms with van der Waals surface area (Å²) in [5.41, 5.74) is 6.57. The zero-order valence-electron chi connectivity index (χ0n) is 27.0. The van der Waals surface area contributed by atoms with Crippen LogP contribution in [0.2, 0.25) is 0 Å². The monoisotopic (exact) mass is 624 g/mol. The van der Waals surface area contributed by atoms with Crippen LogP contribution in [0.1, 0.15) is 84.6 Å². The molecule has 3 unspecified atom stereocenters. The summed E-state index contributed by atoms with van der Waals surface area (Å²) in [6.45, 7) is 8.17. The predicted molar refractivity (Wildman–Crippen MR) is 173 cm³/mol. The molecule has 0 aliphatic carbocycles. The van der Waals surface area contributed by atoms with Crippen LogP contribution < -0.4 is 27.0 Å². The number of primary amides is 1. The highest BCUT2D eigenvalue weighted by Gasteiger charge is 2.40. The van der Waals surface area contributed by atoms with Gasteiger partial charge in [0.05, 0.1) is 7.85 Å². The number of urea groups is 1. The molecule has 1 fully saturated rings. The number of carbonyl (C=O) groups is 6. The van der Waals surface area contributed by atoms with Crippen LogP contribution in [0.5, 0.6) is 0 Å². The largest absolute Gasteiger partial charge is 0.352 e. The molecule has 7 amide bonds. The van der Waals surface area contributed by atoms with Gasteiger partial charge in [0.25, 0.3) is 0 Å². The van der Waals surface area contributed by atoms with Gasteiger partial charge in [0, 0.05) is 37.5 Å². The minimum absolute atomic E-state index is 0.0986. The van der Waals surface area contributed by atoms with Crippen molar-refractivity contribution >= 4 is 49.1 Å². The van der Waals surface area contributed by atoms with Crippen molar-refractivity contribution in [2.75, 3.05) is 18.4 Å². The Balaban J connectivity index is 1.90. The highest BCUT2D eigenvalue weighted by atomic mass is 16.2. The van der Waals surface area contributed by atoms with E-state index >= 15 is 0 Å². The topological polar surface area (TPSA) is 180 Å². The molecule has 1 aromatic rings. The third-order valence-electron chi connectivity index (χ3n) is 8.22. The fourth-order valence-corrected chi connectivity index (χ4v) is 5.19. The maximum Gasteiger partial charge on any atom is 0.312 e. The van der Waals surface area contributed by atoms with Crippen molar-refractivity contribution in [2.24, 2.45) is 23.5 Å². The molecular weight excluding hydrogens is 575 g/mol. The Morgan fingerprint density at radius 2 is 1.67 bits per heavy atom. The summed E-state index contributed by atoms with van der Waals surface area (Å²) in [6.07, 6.45) is 4.02. The Hall–Kier alpha value is -3.90. The van der Waals surface area contributed by atoms with E-state index in [0.717, 1.165) is 12.0 Å². The molecule has 4 atom stereocenters. The van der Waals surface area contributed by atoms with Crippen LogP contribution in [0.4, 0.5) is 10.5 Å². The fraction of sp³-hybridized carbons (Fsp3) is 0.625. The molecule has 2 radical (unpaired) electrons. The third kappa shape index (κ3) is 12.2. The lowest BCUT2D eigenvalue weighted by molar-refractivity contribution is -0.140. The lowest BCUT2D eigenvalue weighted by atomic mass is 9.90. The average Bonchev–Trinajstić information content (AvgIpc) is 3.29. The Labute approximate surface area is 267 Å². The van der Waals surface area contributed by atoms with Gasteiger partial charge in [0.1, 0.15) is 12.1 Å². The number of amides is 7. The number of nitrogens with zero attached hydrogens (tertiary/aromatic N) is 1. The van der Waals surface area contributed by atoms with Crippen molar-refractivity contribution in [3.05, 3.63) is 29.8 Å². The Morgan fingerprint density at radius 1 is 0.978 bits per heavy atom. The van der Waals surface area contributed by atoms with E-state index < -0.39 is 29.9 Å². The molecule has 1 saturated heterocycles. The molecule has 0 aromatic heterocycles. The number of hydrogen-bond donors (Lipinski definition) is 5. The van der Waals surface area contributed by atoms with Crippen molar-refractivity contribution in [1.82, 2.24) is 20.9 Å². The second kappa shape index (κ2) is 18.8. The van der Waals surface area contributed by atoms with Crippen molar-refractivity contribution in [3.8, 4) is 0 Å². The molecular formula is C32H49BN6O6. The smallest absolute Gasteiger partial charge is 0.312 e. The number of rotatable bonds is 19. The molecule has 1 aliphatic heterocycles. The molecule has 1 aromatic carbocycles. The Kier molecular flexibility index (Phi) is 15.6. The lowest BCUT2D eigenvalue weighted by Gasteiger charge is -2.25. The van der Waals surface area contributed by atoms with Gasteiger partial charge in [0.2, 0.25) is 29.5 Å². The summed E-state index contributed by atoms with van der Waals surface area (Å²) < 4.78 is 0. The van der Waals surface area contributed by atoms with Gasteiger partial charge in [-0.1, -0.05) is 64.6 Å². The molecule has 0 spiro atoms. The Bertz CT molecular complexity index is 1180. The molecule has 6 N–H and O–H groups in total. The second-order valence-electron chi connectivity index (χ2n) is 12.1. The van der Waals surface area contributed by atoms with Crippen LogP contribution in [0.15, 0.2) is 24.3 Å². The van der Waals surface area contributed by atoms with Crippen molar-refractivity contribution in [2.45, 2.75) is 97.5 Å². The van der Waals surface area contributed by atoms with Crippen LogP contribution in [0.3, 0.4) is 0 Å². The van der Waals surface area contributed by atoms with Crippen LogP contribution in [0.25, 0.3) is 0 Å². The van der Waals surface area contributed by atoms with E-state index in [4.69, 9.17) is 13.6 Å². The van der Waals surface area contributed by atoms with E-state index in [9.17, 15) is 28.8 Å². The normalized spacial score (nSPS) is 16.6. The summed E-state index contributed by atoms with van der Waals surface area (Å²) in [5.74, 6) is -1.81. The number of hydrogen-bond acceptors (Lipinski definition) is 6. The molecule has 13 heteroatoms. The summed E-state index contributed by atoms with van der Waals surface area (Å²) in [7, 11) is 5.64. The number of anilines is 1. The van der Waals surface area contributed by atoms with E-state index in [2.05, 4.69) is 21.3 Å². The van der Waals surface area contributed by atoms with E-state index in [1.807, 2.05) is 13.8 Å². The van der Waals surface area contributed by atoms with Crippen LogP contribution in [-0.2, 0) is 30.3 Å². The van der Waals surface area contributed by atoms with Crippen molar-refractivity contribution in [1.29, 1.82) is 0 Å². The van der Waals surface area contributed by atoms with Crippen LogP contribution >= 0.6 is 0 Å². The first-order chi connectivity index (χ1) is 21.4. The third-order valence-corrected chi connectivity index (χ3v) is 8.22. The maximum absolute atomic E-state index is 13.3. The van der Waals surface area contributed by atoms with Gasteiger partial charge in [-0.25, -0.2) is 4.79 Å². The number of benzene rings is 1. The van der Waals surface area contributed by atoms with Gasteiger partial charge < -0.3 is 27.0 Å². The number of nitrogens with one attached hydrogen (secondary N) is 4. The van der Waals surface area contributed by atoms with Gasteiger partial charge in [-0.05, 0) is 49.7 Å². The van der Waals surface area contributed by atoms with Crippen molar-refractivity contribution in [3.63, 3.8) is 0 Å². The second-order valence-corrected chi connectivity index (χ2v) is 12.1. The highest BCUT2D eigenvalue weighted by molar-refractivity contribution is 6.08. The molecule has 1 heterocycles. The molecule has 2 rings (SSSR count). The van der Waals surface area contributed by atoms with Crippen molar-refractivity contribution < 1.29 is 28.8 Å². The average molecular weight is 625 g/mol. The zero-order chi connectivity index (χ0) is 33.5. The van der Waals surface area contributed by atoms with Crippen LogP contribution in [-0.4, -0.2) is 73.5 Å². The highest BCUT2D eigenvalue weighted by Crippen LogP contribution is 2.28. The van der Waals surface area contributed by atoms with E-state index in [1.54, 1.807) is 38.1 Å².